The van der Waals surface area contributed by atoms with Gasteiger partial charge in [0.1, 0.15) is 12.1 Å². The van der Waals surface area contributed by atoms with E-state index in [0.29, 0.717) is 0 Å². The molecule has 3 aromatic carbocycles. The number of aromatic nitrogens is 1. The lowest BCUT2D eigenvalue weighted by Crippen LogP contribution is -2.58. The van der Waals surface area contributed by atoms with Crippen molar-refractivity contribution < 1.29 is 19.1 Å². The first kappa shape index (κ1) is 26.9. The number of para-hydroxylation sites is 1. The normalized spacial score (nSPS) is 13.2. The summed E-state index contributed by atoms with van der Waals surface area (Å²) in [6.07, 6.45) is 2.28. The minimum Gasteiger partial charge on any atom is -0.464 e. The van der Waals surface area contributed by atoms with E-state index in [9.17, 15) is 14.4 Å². The number of carbonyl (C=O) groups excluding carboxylic acids is 3. The molecule has 0 radical (unpaired) electrons. The van der Waals surface area contributed by atoms with Crippen LogP contribution in [0.4, 0.5) is 0 Å². The van der Waals surface area contributed by atoms with E-state index in [1.807, 2.05) is 72.9 Å². The Kier molecular flexibility index (Phi) is 8.12. The highest BCUT2D eigenvalue weighted by Gasteiger charge is 2.31. The standard InChI is InChI=1S/C30H34N4O4/c1-4-38-28(36)26(16-19-13-14-20-9-5-6-10-21(20)15-19)33-27(35)25(34-29(37)30(2,3)31)17-22-18-32-24-12-8-7-11-23(22)24/h5-15,18,25-26,32H,4,16-17,31H2,1-3H3,(H,33,35)(H,34,37)/t25?,26-/m1/s1. The van der Waals surface area contributed by atoms with Crippen LogP contribution < -0.4 is 16.4 Å². The molecule has 1 heterocycles. The van der Waals surface area contributed by atoms with E-state index in [1.54, 1.807) is 20.8 Å². The molecule has 0 spiro atoms. The molecule has 0 fully saturated rings. The van der Waals surface area contributed by atoms with Crippen LogP contribution in [0.2, 0.25) is 0 Å². The summed E-state index contributed by atoms with van der Waals surface area (Å²) in [5.41, 5.74) is 7.47. The third-order valence-corrected chi connectivity index (χ3v) is 6.45. The van der Waals surface area contributed by atoms with Gasteiger partial charge in [0.15, 0.2) is 0 Å². The second kappa shape index (κ2) is 11.5. The molecule has 5 N–H and O–H groups in total. The number of esters is 1. The molecule has 2 amide bonds. The number of rotatable bonds is 10. The van der Waals surface area contributed by atoms with Crippen LogP contribution in [0.1, 0.15) is 31.9 Å². The molecular formula is C30H34N4O4. The van der Waals surface area contributed by atoms with E-state index in [2.05, 4.69) is 15.6 Å². The van der Waals surface area contributed by atoms with Crippen LogP contribution in [0.5, 0.6) is 0 Å². The first-order valence-electron chi connectivity index (χ1n) is 12.7. The van der Waals surface area contributed by atoms with E-state index in [-0.39, 0.29) is 19.4 Å². The zero-order valence-corrected chi connectivity index (χ0v) is 21.9. The Bertz CT molecular complexity index is 1450. The Hall–Kier alpha value is -4.17. The van der Waals surface area contributed by atoms with Gasteiger partial charge in [-0.15, -0.1) is 0 Å². The van der Waals surface area contributed by atoms with E-state index in [4.69, 9.17) is 10.5 Å². The molecule has 198 valence electrons. The summed E-state index contributed by atoms with van der Waals surface area (Å²) in [7, 11) is 0. The van der Waals surface area contributed by atoms with Gasteiger partial charge in [-0.3, -0.25) is 9.59 Å². The maximum Gasteiger partial charge on any atom is 0.328 e. The molecule has 1 unspecified atom stereocenters. The molecular weight excluding hydrogens is 480 g/mol. The van der Waals surface area contributed by atoms with Crippen molar-refractivity contribution in [3.05, 3.63) is 84.1 Å². The molecule has 0 saturated carbocycles. The lowest BCUT2D eigenvalue weighted by Gasteiger charge is -2.26. The first-order chi connectivity index (χ1) is 18.2. The number of hydrogen-bond donors (Lipinski definition) is 4. The lowest BCUT2D eigenvalue weighted by molar-refractivity contribution is -0.147. The molecule has 0 aliphatic rings. The number of nitrogens with one attached hydrogen (secondary N) is 3. The predicted molar refractivity (Wildman–Crippen MR) is 148 cm³/mol. The summed E-state index contributed by atoms with van der Waals surface area (Å²) in [6.45, 7) is 5.05. The second-order valence-corrected chi connectivity index (χ2v) is 10.0. The van der Waals surface area contributed by atoms with Crippen molar-refractivity contribution in [2.24, 2.45) is 5.73 Å². The maximum absolute atomic E-state index is 13.6. The van der Waals surface area contributed by atoms with Crippen LogP contribution in [-0.4, -0.2) is 47.0 Å². The van der Waals surface area contributed by atoms with Gasteiger partial charge in [0.25, 0.3) is 0 Å². The molecule has 38 heavy (non-hydrogen) atoms. The van der Waals surface area contributed by atoms with Gasteiger partial charge >= 0.3 is 5.97 Å². The number of hydrogen-bond acceptors (Lipinski definition) is 5. The van der Waals surface area contributed by atoms with Gasteiger partial charge < -0.3 is 26.1 Å². The lowest BCUT2D eigenvalue weighted by atomic mass is 9.99. The van der Waals surface area contributed by atoms with E-state index in [0.717, 1.165) is 32.8 Å². The van der Waals surface area contributed by atoms with Crippen molar-refractivity contribution in [1.82, 2.24) is 15.6 Å². The molecule has 0 bridgehead atoms. The van der Waals surface area contributed by atoms with Crippen molar-refractivity contribution in [3.63, 3.8) is 0 Å². The van der Waals surface area contributed by atoms with Gasteiger partial charge in [-0.25, -0.2) is 4.79 Å². The minimum absolute atomic E-state index is 0.180. The molecule has 2 atom stereocenters. The molecule has 0 aliphatic carbocycles. The predicted octanol–water partition coefficient (Wildman–Crippen LogP) is 3.38. The summed E-state index contributed by atoms with van der Waals surface area (Å²) in [4.78, 5) is 42.5. The molecule has 0 saturated heterocycles. The van der Waals surface area contributed by atoms with E-state index >= 15 is 0 Å². The topological polar surface area (TPSA) is 126 Å². The highest BCUT2D eigenvalue weighted by atomic mass is 16.5. The van der Waals surface area contributed by atoms with Gasteiger partial charge in [-0.05, 0) is 48.7 Å². The van der Waals surface area contributed by atoms with Crippen LogP contribution in [0.25, 0.3) is 21.7 Å². The third-order valence-electron chi connectivity index (χ3n) is 6.45. The fraction of sp³-hybridized carbons (Fsp3) is 0.300. The summed E-state index contributed by atoms with van der Waals surface area (Å²) in [5.74, 6) is -1.50. The number of carbonyl (C=O) groups is 3. The van der Waals surface area contributed by atoms with Crippen molar-refractivity contribution in [1.29, 1.82) is 0 Å². The Balaban J connectivity index is 1.59. The van der Waals surface area contributed by atoms with Gasteiger partial charge in [-0.2, -0.15) is 0 Å². The molecule has 8 nitrogen and oxygen atoms in total. The molecule has 8 heteroatoms. The Labute approximate surface area is 221 Å². The number of nitrogens with two attached hydrogens (primary N) is 1. The largest absolute Gasteiger partial charge is 0.464 e. The number of amides is 2. The quantitative estimate of drug-likeness (QED) is 0.241. The number of ether oxygens (including phenoxy) is 1. The summed E-state index contributed by atoms with van der Waals surface area (Å²) in [6, 6.07) is 19.7. The van der Waals surface area contributed by atoms with Crippen molar-refractivity contribution >= 4 is 39.5 Å². The second-order valence-electron chi connectivity index (χ2n) is 10.0. The van der Waals surface area contributed by atoms with Crippen LogP contribution >= 0.6 is 0 Å². The smallest absolute Gasteiger partial charge is 0.328 e. The van der Waals surface area contributed by atoms with E-state index < -0.39 is 35.4 Å². The molecule has 4 rings (SSSR count). The van der Waals surface area contributed by atoms with Gasteiger partial charge in [-0.1, -0.05) is 60.7 Å². The number of fused-ring (bicyclic) bond motifs is 2. The Morgan fingerprint density at radius 1 is 0.921 bits per heavy atom. The molecule has 1 aromatic heterocycles. The van der Waals surface area contributed by atoms with Crippen LogP contribution in [0.15, 0.2) is 72.9 Å². The molecule has 0 aliphatic heterocycles. The fourth-order valence-corrected chi connectivity index (χ4v) is 4.38. The Morgan fingerprint density at radius 2 is 1.63 bits per heavy atom. The monoisotopic (exact) mass is 514 g/mol. The van der Waals surface area contributed by atoms with Gasteiger partial charge in [0, 0.05) is 29.9 Å². The van der Waals surface area contributed by atoms with Crippen LogP contribution in [0, 0.1) is 0 Å². The van der Waals surface area contributed by atoms with Crippen molar-refractivity contribution in [2.75, 3.05) is 6.61 Å². The minimum atomic E-state index is -1.19. The fourth-order valence-electron chi connectivity index (χ4n) is 4.38. The number of aromatic amines is 1. The van der Waals surface area contributed by atoms with Gasteiger partial charge in [0.05, 0.1) is 12.1 Å². The summed E-state index contributed by atoms with van der Waals surface area (Å²) >= 11 is 0. The average molecular weight is 515 g/mol. The maximum atomic E-state index is 13.6. The van der Waals surface area contributed by atoms with Crippen molar-refractivity contribution in [2.45, 2.75) is 51.2 Å². The number of H-pyrrole nitrogens is 1. The Morgan fingerprint density at radius 3 is 2.37 bits per heavy atom. The van der Waals surface area contributed by atoms with Gasteiger partial charge in [0.2, 0.25) is 11.8 Å². The summed E-state index contributed by atoms with van der Waals surface area (Å²) < 4.78 is 5.28. The van der Waals surface area contributed by atoms with Crippen LogP contribution in [0.3, 0.4) is 0 Å². The summed E-state index contributed by atoms with van der Waals surface area (Å²) in [5, 5.41) is 8.69. The number of benzene rings is 3. The first-order valence-corrected chi connectivity index (χ1v) is 12.7. The van der Waals surface area contributed by atoms with Crippen molar-refractivity contribution in [3.8, 4) is 0 Å². The van der Waals surface area contributed by atoms with E-state index in [1.165, 1.54) is 0 Å². The third kappa shape index (κ3) is 6.39. The highest BCUT2D eigenvalue weighted by Crippen LogP contribution is 2.20. The average Bonchev–Trinajstić information content (AvgIpc) is 3.30. The highest BCUT2D eigenvalue weighted by molar-refractivity contribution is 5.94. The van der Waals surface area contributed by atoms with Crippen LogP contribution in [-0.2, 0) is 32.0 Å². The zero-order valence-electron chi connectivity index (χ0n) is 21.9. The SMILES string of the molecule is CCOC(=O)[C@@H](Cc1ccc2ccccc2c1)NC(=O)C(Cc1c[nH]c2ccccc12)NC(=O)C(C)(C)N. The molecule has 4 aromatic rings. The zero-order chi connectivity index (χ0) is 27.3.